The maximum atomic E-state index is 4.50. The standard InChI is InChI=1S/C19H32N2.C10H22.C8H10.C7H12.2C2H6.C2H4.CH5N/c1-7-12-21(13-8-2)19-11-10-17(9-3)14-18(19)20-16(6)15(4)5;1-4-6-7-9-10(3)8-5-2;1-7-5-3-4-6-8(7)2;1-3-6(2)7-4-5-7;4*1-2/h10-11,17,20H,4,6-9,12-14H2,1-3,5H3;10H,4-9H2,1-3H3;3-6H,1-2H3;7H,2-5H2,1H3;2*1-2H3;1-2H2;2H2,1H3. The van der Waals surface area contributed by atoms with E-state index in [-0.39, 0.29) is 0 Å². The SMILES string of the molecule is C=C.C=C(C)C(=C)NC1=C(N(CCC)CCC)C=CC(CC)C1.C=C(CC)C1CC1.CC.CC.CCCCCC(C)CCC.CN.Cc1ccccc1C. The first kappa shape index (κ1) is 60.5. The molecule has 2 aliphatic carbocycles. The molecule has 0 spiro atoms. The number of benzene rings is 1. The fourth-order valence-corrected chi connectivity index (χ4v) is 5.46. The molecule has 1 saturated carbocycles. The highest BCUT2D eigenvalue weighted by Gasteiger charge is 2.22. The summed E-state index contributed by atoms with van der Waals surface area (Å²) in [4.78, 5) is 2.50. The molecule has 2 atom stereocenters. The number of unbranched alkanes of at least 4 members (excludes halogenated alkanes) is 2. The molecule has 0 radical (unpaired) electrons. The van der Waals surface area contributed by atoms with Crippen molar-refractivity contribution in [1.82, 2.24) is 10.2 Å². The van der Waals surface area contributed by atoms with E-state index in [9.17, 15) is 0 Å². The van der Waals surface area contributed by atoms with Crippen LogP contribution in [0, 0.1) is 31.6 Å². The van der Waals surface area contributed by atoms with Crippen LogP contribution in [-0.4, -0.2) is 25.0 Å². The summed E-state index contributed by atoms with van der Waals surface area (Å²) in [7, 11) is 1.50. The largest absolute Gasteiger partial charge is 0.370 e. The van der Waals surface area contributed by atoms with Crippen LogP contribution in [0.2, 0.25) is 0 Å². The molecule has 54 heavy (non-hydrogen) atoms. The Bertz CT molecular complexity index is 1030. The summed E-state index contributed by atoms with van der Waals surface area (Å²) < 4.78 is 0. The van der Waals surface area contributed by atoms with Gasteiger partial charge in [0.1, 0.15) is 0 Å². The van der Waals surface area contributed by atoms with Crippen molar-refractivity contribution in [2.24, 2.45) is 23.5 Å². The second kappa shape index (κ2) is 44.6. The van der Waals surface area contributed by atoms with E-state index in [1.807, 2.05) is 34.6 Å². The molecule has 0 amide bonds. The Hall–Kier alpha value is -2.78. The fourth-order valence-electron chi connectivity index (χ4n) is 5.46. The van der Waals surface area contributed by atoms with Gasteiger partial charge in [-0.15, -0.1) is 13.2 Å². The van der Waals surface area contributed by atoms with Crippen molar-refractivity contribution in [3.05, 3.63) is 109 Å². The molecule has 1 aromatic carbocycles. The van der Waals surface area contributed by atoms with Gasteiger partial charge in [0.25, 0.3) is 0 Å². The van der Waals surface area contributed by atoms with E-state index in [0.717, 1.165) is 42.6 Å². The smallest absolute Gasteiger partial charge is 0.0559 e. The fraction of sp³-hybridized carbons (Fsp3) is 0.647. The summed E-state index contributed by atoms with van der Waals surface area (Å²) in [5.74, 6) is 2.51. The van der Waals surface area contributed by atoms with Gasteiger partial charge in [0, 0.05) is 24.5 Å². The molecule has 3 N–H and O–H groups in total. The van der Waals surface area contributed by atoms with Crippen LogP contribution in [0.5, 0.6) is 0 Å². The number of aryl methyl sites for hydroxylation is 2. The van der Waals surface area contributed by atoms with Gasteiger partial charge in [0.05, 0.1) is 5.70 Å². The molecule has 0 saturated heterocycles. The monoisotopic (exact) mass is 752 g/mol. The van der Waals surface area contributed by atoms with Crippen molar-refractivity contribution in [3.63, 3.8) is 0 Å². The topological polar surface area (TPSA) is 41.3 Å². The summed E-state index contributed by atoms with van der Waals surface area (Å²) in [6.07, 6.45) is 21.7. The first-order valence-electron chi connectivity index (χ1n) is 22.0. The van der Waals surface area contributed by atoms with Gasteiger partial charge in [-0.1, -0.05) is 170 Å². The third-order valence-corrected chi connectivity index (χ3v) is 9.09. The van der Waals surface area contributed by atoms with Gasteiger partial charge in [0.2, 0.25) is 0 Å². The molecule has 0 heterocycles. The molecular weight excluding hydrogens is 655 g/mol. The van der Waals surface area contributed by atoms with Gasteiger partial charge < -0.3 is 16.0 Å². The van der Waals surface area contributed by atoms with Crippen LogP contribution in [0.3, 0.4) is 0 Å². The highest BCUT2D eigenvalue weighted by atomic mass is 15.1. The van der Waals surface area contributed by atoms with Crippen molar-refractivity contribution in [3.8, 4) is 0 Å². The lowest BCUT2D eigenvalue weighted by Crippen LogP contribution is -2.30. The van der Waals surface area contributed by atoms with Gasteiger partial charge >= 0.3 is 0 Å². The third kappa shape index (κ3) is 33.8. The highest BCUT2D eigenvalue weighted by Crippen LogP contribution is 2.36. The van der Waals surface area contributed by atoms with Crippen LogP contribution >= 0.6 is 0 Å². The second-order valence-corrected chi connectivity index (χ2v) is 13.7. The quantitative estimate of drug-likeness (QED) is 0.0946. The first-order valence-corrected chi connectivity index (χ1v) is 22.0. The minimum absolute atomic E-state index is 0.624. The minimum Gasteiger partial charge on any atom is -0.370 e. The average Bonchev–Trinajstić information content (AvgIpc) is 4.06. The van der Waals surface area contributed by atoms with Crippen LogP contribution in [0.25, 0.3) is 0 Å². The maximum Gasteiger partial charge on any atom is 0.0559 e. The van der Waals surface area contributed by atoms with Crippen molar-refractivity contribution < 1.29 is 0 Å². The molecule has 2 unspecified atom stereocenters. The molecule has 0 bridgehead atoms. The van der Waals surface area contributed by atoms with Gasteiger partial charge in [-0.05, 0) is 113 Å². The van der Waals surface area contributed by atoms with E-state index in [1.165, 1.54) is 112 Å². The predicted octanol–water partition coefficient (Wildman–Crippen LogP) is 16.1. The Morgan fingerprint density at radius 3 is 1.63 bits per heavy atom. The Kier molecular flexibility index (Phi) is 50.0. The molecule has 3 nitrogen and oxygen atoms in total. The summed E-state index contributed by atoms with van der Waals surface area (Å²) >= 11 is 0. The second-order valence-electron chi connectivity index (χ2n) is 13.7. The molecule has 3 rings (SSSR count). The maximum absolute atomic E-state index is 4.50. The number of hydrogen-bond acceptors (Lipinski definition) is 3. The van der Waals surface area contributed by atoms with Crippen LogP contribution in [0.15, 0.2) is 97.5 Å². The predicted molar refractivity (Wildman–Crippen MR) is 254 cm³/mol. The van der Waals surface area contributed by atoms with Crippen LogP contribution in [0.4, 0.5) is 0 Å². The average molecular weight is 752 g/mol. The summed E-state index contributed by atoms with van der Waals surface area (Å²) in [5.41, 5.74) is 13.3. The zero-order valence-electron chi connectivity index (χ0n) is 39.4. The lowest BCUT2D eigenvalue weighted by Gasteiger charge is -2.32. The molecule has 2 aliphatic rings. The molecule has 316 valence electrons. The van der Waals surface area contributed by atoms with Crippen LogP contribution in [-0.2, 0) is 0 Å². The third-order valence-electron chi connectivity index (χ3n) is 9.09. The highest BCUT2D eigenvalue weighted by molar-refractivity contribution is 5.34. The zero-order valence-corrected chi connectivity index (χ0v) is 39.4. The van der Waals surface area contributed by atoms with E-state index in [4.69, 9.17) is 0 Å². The Labute approximate surface area is 341 Å². The Morgan fingerprint density at radius 1 is 0.796 bits per heavy atom. The van der Waals surface area contributed by atoms with E-state index in [2.05, 4.69) is 148 Å². The molecule has 1 aromatic rings. The molecule has 1 fully saturated rings. The van der Waals surface area contributed by atoms with Gasteiger partial charge in [-0.2, -0.15) is 0 Å². The van der Waals surface area contributed by atoms with Crippen molar-refractivity contribution in [2.75, 3.05) is 20.1 Å². The number of allylic oxidation sites excluding steroid dienone is 5. The number of hydrogen-bond donors (Lipinski definition) is 2. The van der Waals surface area contributed by atoms with Crippen LogP contribution in [0.1, 0.15) is 178 Å². The zero-order chi connectivity index (χ0) is 42.9. The molecule has 0 aliphatic heterocycles. The Morgan fingerprint density at radius 2 is 1.30 bits per heavy atom. The summed E-state index contributed by atoms with van der Waals surface area (Å²) in [6.45, 7) is 50.3. The number of nitrogens with one attached hydrogen (secondary N) is 1. The lowest BCUT2D eigenvalue weighted by molar-refractivity contribution is 0.343. The summed E-state index contributed by atoms with van der Waals surface area (Å²) in [6, 6.07) is 8.36. The number of nitrogens with zero attached hydrogens (tertiary/aromatic N) is 1. The summed E-state index contributed by atoms with van der Waals surface area (Å²) in [5, 5.41) is 3.52. The van der Waals surface area contributed by atoms with Gasteiger partial charge in [-0.3, -0.25) is 0 Å². The van der Waals surface area contributed by atoms with E-state index >= 15 is 0 Å². The van der Waals surface area contributed by atoms with Crippen molar-refractivity contribution in [1.29, 1.82) is 0 Å². The molecule has 0 aromatic heterocycles. The van der Waals surface area contributed by atoms with Gasteiger partial charge in [-0.25, -0.2) is 0 Å². The number of nitrogens with two attached hydrogens (primary N) is 1. The van der Waals surface area contributed by atoms with E-state index < -0.39 is 0 Å². The normalized spacial score (nSPS) is 13.7. The first-order chi connectivity index (χ1) is 26.0. The van der Waals surface area contributed by atoms with E-state index in [1.54, 1.807) is 0 Å². The Balaban J connectivity index is -0.000000203. The minimum atomic E-state index is 0.624. The van der Waals surface area contributed by atoms with Crippen molar-refractivity contribution >= 4 is 0 Å². The molecular formula is C51H97N3. The van der Waals surface area contributed by atoms with Crippen LogP contribution < -0.4 is 11.1 Å². The van der Waals surface area contributed by atoms with Crippen molar-refractivity contribution in [2.45, 2.75) is 180 Å². The lowest BCUT2D eigenvalue weighted by atomic mass is 9.93. The molecule has 3 heteroatoms. The van der Waals surface area contributed by atoms with E-state index in [0.29, 0.717) is 5.92 Å². The number of rotatable bonds is 17. The van der Waals surface area contributed by atoms with Gasteiger partial charge in [0.15, 0.2) is 0 Å².